The summed E-state index contributed by atoms with van der Waals surface area (Å²) in [5.41, 5.74) is 2.91. The van der Waals surface area contributed by atoms with E-state index in [-0.39, 0.29) is 17.0 Å². The average molecular weight is 225 g/mol. The SMILES string of the molecule is C/C=C/C(=O)NN1CC(C)(C)NC(C)(C)C1. The van der Waals surface area contributed by atoms with Gasteiger partial charge < -0.3 is 5.32 Å². The number of carbonyl (C=O) groups is 1. The van der Waals surface area contributed by atoms with Gasteiger partial charge in [0, 0.05) is 24.2 Å². The maximum Gasteiger partial charge on any atom is 0.257 e. The van der Waals surface area contributed by atoms with Gasteiger partial charge in [-0.25, -0.2) is 5.01 Å². The van der Waals surface area contributed by atoms with E-state index in [1.165, 1.54) is 0 Å². The van der Waals surface area contributed by atoms with Crippen molar-refractivity contribution in [3.8, 4) is 0 Å². The van der Waals surface area contributed by atoms with Gasteiger partial charge in [0.15, 0.2) is 0 Å². The van der Waals surface area contributed by atoms with Crippen LogP contribution in [0, 0.1) is 0 Å². The van der Waals surface area contributed by atoms with Crippen molar-refractivity contribution < 1.29 is 4.79 Å². The van der Waals surface area contributed by atoms with Crippen molar-refractivity contribution in [2.45, 2.75) is 45.7 Å². The van der Waals surface area contributed by atoms with Gasteiger partial charge in [0.1, 0.15) is 0 Å². The molecule has 1 saturated heterocycles. The van der Waals surface area contributed by atoms with Crippen molar-refractivity contribution in [2.24, 2.45) is 0 Å². The van der Waals surface area contributed by atoms with Crippen LogP contribution in [-0.2, 0) is 4.79 Å². The minimum absolute atomic E-state index is 0.00492. The van der Waals surface area contributed by atoms with Crippen LogP contribution in [-0.4, -0.2) is 35.1 Å². The fraction of sp³-hybridized carbons (Fsp3) is 0.750. The Bertz CT molecular complexity index is 279. The first-order valence-corrected chi connectivity index (χ1v) is 5.72. The fourth-order valence-corrected chi connectivity index (χ4v) is 2.43. The molecule has 16 heavy (non-hydrogen) atoms. The highest BCUT2D eigenvalue weighted by Gasteiger charge is 2.36. The molecule has 0 saturated carbocycles. The summed E-state index contributed by atoms with van der Waals surface area (Å²) in [5.74, 6) is -0.0593. The third-order valence-corrected chi connectivity index (χ3v) is 2.44. The van der Waals surface area contributed by atoms with Crippen LogP contribution < -0.4 is 10.7 Å². The van der Waals surface area contributed by atoms with Gasteiger partial charge in [-0.2, -0.15) is 0 Å². The zero-order valence-electron chi connectivity index (χ0n) is 10.9. The van der Waals surface area contributed by atoms with Crippen LogP contribution in [0.25, 0.3) is 0 Å². The lowest BCUT2D eigenvalue weighted by Crippen LogP contribution is -2.69. The van der Waals surface area contributed by atoms with Crippen molar-refractivity contribution in [1.82, 2.24) is 15.8 Å². The van der Waals surface area contributed by atoms with Gasteiger partial charge in [-0.3, -0.25) is 10.2 Å². The Kier molecular flexibility index (Phi) is 3.76. The molecule has 0 aromatic carbocycles. The fourth-order valence-electron chi connectivity index (χ4n) is 2.43. The van der Waals surface area contributed by atoms with Gasteiger partial charge in [-0.05, 0) is 40.7 Å². The second-order valence-electron chi connectivity index (χ2n) is 5.72. The van der Waals surface area contributed by atoms with E-state index in [4.69, 9.17) is 0 Å². The minimum Gasteiger partial charge on any atom is -0.304 e. The number of allylic oxidation sites excluding steroid dienone is 1. The highest BCUT2D eigenvalue weighted by Crippen LogP contribution is 2.19. The van der Waals surface area contributed by atoms with E-state index in [9.17, 15) is 4.79 Å². The van der Waals surface area contributed by atoms with Crippen LogP contribution in [0.5, 0.6) is 0 Å². The van der Waals surface area contributed by atoms with Gasteiger partial charge in [-0.15, -0.1) is 0 Å². The van der Waals surface area contributed by atoms with Crippen molar-refractivity contribution in [3.05, 3.63) is 12.2 Å². The van der Waals surface area contributed by atoms with E-state index in [1.807, 2.05) is 11.9 Å². The lowest BCUT2D eigenvalue weighted by atomic mass is 9.92. The van der Waals surface area contributed by atoms with Crippen LogP contribution in [0.2, 0.25) is 0 Å². The number of rotatable bonds is 2. The number of amides is 1. The summed E-state index contributed by atoms with van der Waals surface area (Å²) < 4.78 is 0. The maximum atomic E-state index is 11.5. The van der Waals surface area contributed by atoms with Crippen LogP contribution >= 0.6 is 0 Å². The van der Waals surface area contributed by atoms with Gasteiger partial charge in [0.05, 0.1) is 0 Å². The lowest BCUT2D eigenvalue weighted by molar-refractivity contribution is -0.123. The monoisotopic (exact) mass is 225 g/mol. The van der Waals surface area contributed by atoms with Gasteiger partial charge >= 0.3 is 0 Å². The summed E-state index contributed by atoms with van der Waals surface area (Å²) in [4.78, 5) is 11.5. The maximum absolute atomic E-state index is 11.5. The third kappa shape index (κ3) is 3.94. The topological polar surface area (TPSA) is 44.4 Å². The van der Waals surface area contributed by atoms with Gasteiger partial charge in [0.2, 0.25) is 0 Å². The molecule has 1 rings (SSSR count). The molecule has 2 N–H and O–H groups in total. The molecule has 0 aromatic rings. The summed E-state index contributed by atoms with van der Waals surface area (Å²) in [6, 6.07) is 0. The largest absolute Gasteiger partial charge is 0.304 e. The van der Waals surface area contributed by atoms with Crippen LogP contribution in [0.4, 0.5) is 0 Å². The Morgan fingerprint density at radius 1 is 1.25 bits per heavy atom. The molecule has 92 valence electrons. The Hall–Kier alpha value is -0.870. The van der Waals surface area contributed by atoms with Crippen LogP contribution in [0.3, 0.4) is 0 Å². The molecule has 0 spiro atoms. The number of nitrogens with one attached hydrogen (secondary N) is 2. The zero-order valence-corrected chi connectivity index (χ0v) is 10.9. The highest BCUT2D eigenvalue weighted by molar-refractivity contribution is 5.86. The van der Waals surface area contributed by atoms with E-state index in [0.29, 0.717) is 0 Å². The van der Waals surface area contributed by atoms with Crippen molar-refractivity contribution in [3.63, 3.8) is 0 Å². The Morgan fingerprint density at radius 2 is 1.75 bits per heavy atom. The quantitative estimate of drug-likeness (QED) is 0.691. The van der Waals surface area contributed by atoms with E-state index >= 15 is 0 Å². The van der Waals surface area contributed by atoms with Gasteiger partial charge in [-0.1, -0.05) is 6.08 Å². The molecule has 0 unspecified atom stereocenters. The number of hydrazine groups is 1. The molecule has 0 aromatic heterocycles. The summed E-state index contributed by atoms with van der Waals surface area (Å²) >= 11 is 0. The molecule has 4 heteroatoms. The molecule has 0 bridgehead atoms. The molecule has 1 heterocycles. The Balaban J connectivity index is 2.64. The average Bonchev–Trinajstić information content (AvgIpc) is 1.96. The Labute approximate surface area is 98.0 Å². The molecular formula is C12H23N3O. The first-order chi connectivity index (χ1) is 7.24. The van der Waals surface area contributed by atoms with Crippen molar-refractivity contribution in [2.75, 3.05) is 13.1 Å². The number of piperazine rings is 1. The number of carbonyl (C=O) groups excluding carboxylic acids is 1. The second-order valence-corrected chi connectivity index (χ2v) is 5.72. The predicted molar refractivity (Wildman–Crippen MR) is 65.8 cm³/mol. The van der Waals surface area contributed by atoms with E-state index in [1.54, 1.807) is 12.2 Å². The van der Waals surface area contributed by atoms with Crippen molar-refractivity contribution >= 4 is 5.91 Å². The molecule has 1 aliphatic rings. The third-order valence-electron chi connectivity index (χ3n) is 2.44. The summed E-state index contributed by atoms with van der Waals surface area (Å²) in [5, 5.41) is 5.54. The normalized spacial score (nSPS) is 24.6. The number of hydrogen-bond donors (Lipinski definition) is 2. The lowest BCUT2D eigenvalue weighted by Gasteiger charge is -2.47. The zero-order chi connectivity index (χ0) is 12.4. The molecule has 1 aliphatic heterocycles. The van der Waals surface area contributed by atoms with Crippen molar-refractivity contribution in [1.29, 1.82) is 0 Å². The Morgan fingerprint density at radius 3 is 2.19 bits per heavy atom. The van der Waals surface area contributed by atoms with E-state index in [2.05, 4.69) is 38.4 Å². The molecular weight excluding hydrogens is 202 g/mol. The molecule has 1 amide bonds. The molecule has 4 nitrogen and oxygen atoms in total. The smallest absolute Gasteiger partial charge is 0.257 e. The van der Waals surface area contributed by atoms with Crippen LogP contribution in [0.1, 0.15) is 34.6 Å². The highest BCUT2D eigenvalue weighted by atomic mass is 16.2. The molecule has 0 aliphatic carbocycles. The first kappa shape index (κ1) is 13.2. The molecule has 1 fully saturated rings. The van der Waals surface area contributed by atoms with E-state index < -0.39 is 0 Å². The van der Waals surface area contributed by atoms with E-state index in [0.717, 1.165) is 13.1 Å². The number of hydrogen-bond acceptors (Lipinski definition) is 3. The standard InChI is InChI=1S/C12H23N3O/c1-6-7-10(16)13-15-8-11(2,3)14-12(4,5)9-15/h6-7,14H,8-9H2,1-5H3,(H,13,16)/b7-6+. The molecule has 0 radical (unpaired) electrons. The molecule has 0 atom stereocenters. The summed E-state index contributed by atoms with van der Waals surface area (Å²) in [6.45, 7) is 12.0. The summed E-state index contributed by atoms with van der Waals surface area (Å²) in [6.07, 6.45) is 3.29. The second kappa shape index (κ2) is 4.55. The summed E-state index contributed by atoms with van der Waals surface area (Å²) in [7, 11) is 0. The van der Waals surface area contributed by atoms with Crippen LogP contribution in [0.15, 0.2) is 12.2 Å². The predicted octanol–water partition coefficient (Wildman–Crippen LogP) is 1.06. The first-order valence-electron chi connectivity index (χ1n) is 5.72. The van der Waals surface area contributed by atoms with Gasteiger partial charge in [0.25, 0.3) is 5.91 Å². The number of nitrogens with zero attached hydrogens (tertiary/aromatic N) is 1. The minimum atomic E-state index is -0.0593.